The standard InChI is InChI=1S/C13H11F3N2O3/c1-2-21-11(19)10-9(17-12(20)18-10)7-5-3-4-6-8(7)13(14,15)16/h3-6H,2H2,1H3,(H2,17,18,20). The Morgan fingerprint density at radius 1 is 1.24 bits per heavy atom. The van der Waals surface area contributed by atoms with Gasteiger partial charge in [0, 0.05) is 5.56 Å². The molecule has 0 aliphatic heterocycles. The lowest BCUT2D eigenvalue weighted by atomic mass is 10.0. The topological polar surface area (TPSA) is 75.0 Å². The Balaban J connectivity index is 2.64. The Morgan fingerprint density at radius 3 is 2.52 bits per heavy atom. The minimum atomic E-state index is -4.61. The number of carbonyl (C=O) groups is 1. The van der Waals surface area contributed by atoms with Crippen LogP contribution in [0.3, 0.4) is 0 Å². The Hall–Kier alpha value is -2.51. The number of ether oxygens (including phenoxy) is 1. The zero-order valence-corrected chi connectivity index (χ0v) is 10.9. The molecule has 1 aromatic heterocycles. The number of esters is 1. The molecule has 0 aliphatic carbocycles. The number of H-pyrrole nitrogens is 2. The van der Waals surface area contributed by atoms with E-state index in [1.807, 2.05) is 0 Å². The van der Waals surface area contributed by atoms with Gasteiger partial charge in [-0.15, -0.1) is 0 Å². The fraction of sp³-hybridized carbons (Fsp3) is 0.231. The number of hydrogen-bond donors (Lipinski definition) is 2. The maximum absolute atomic E-state index is 13.0. The molecular weight excluding hydrogens is 289 g/mol. The van der Waals surface area contributed by atoms with E-state index in [9.17, 15) is 22.8 Å². The van der Waals surface area contributed by atoms with Crippen molar-refractivity contribution in [1.82, 2.24) is 9.97 Å². The largest absolute Gasteiger partial charge is 0.461 e. The number of alkyl halides is 3. The number of carbonyl (C=O) groups excluding carboxylic acids is 1. The van der Waals surface area contributed by atoms with Crippen LogP contribution in [0.15, 0.2) is 29.1 Å². The third kappa shape index (κ3) is 2.99. The summed E-state index contributed by atoms with van der Waals surface area (Å²) in [6.45, 7) is 1.58. The molecule has 21 heavy (non-hydrogen) atoms. The predicted molar refractivity (Wildman–Crippen MR) is 67.8 cm³/mol. The van der Waals surface area contributed by atoms with Crippen LogP contribution in [0.5, 0.6) is 0 Å². The first kappa shape index (κ1) is 14.9. The monoisotopic (exact) mass is 300 g/mol. The van der Waals surface area contributed by atoms with Gasteiger partial charge >= 0.3 is 17.8 Å². The number of benzene rings is 1. The summed E-state index contributed by atoms with van der Waals surface area (Å²) in [5.74, 6) is -0.900. The van der Waals surface area contributed by atoms with Crippen molar-refractivity contribution in [3.8, 4) is 11.3 Å². The van der Waals surface area contributed by atoms with Gasteiger partial charge in [0.25, 0.3) is 0 Å². The van der Waals surface area contributed by atoms with Crippen LogP contribution in [0.4, 0.5) is 13.2 Å². The average molecular weight is 300 g/mol. The summed E-state index contributed by atoms with van der Waals surface area (Å²) in [7, 11) is 0. The van der Waals surface area contributed by atoms with Crippen LogP contribution in [0, 0.1) is 0 Å². The molecule has 1 aromatic carbocycles. The minimum absolute atomic E-state index is 0.0341. The second kappa shape index (κ2) is 5.47. The molecule has 0 unspecified atom stereocenters. The molecule has 0 radical (unpaired) electrons. The fourth-order valence-electron chi connectivity index (χ4n) is 1.89. The smallest absolute Gasteiger partial charge is 0.417 e. The van der Waals surface area contributed by atoms with Gasteiger partial charge in [0.1, 0.15) is 0 Å². The van der Waals surface area contributed by atoms with Crippen LogP contribution >= 0.6 is 0 Å². The van der Waals surface area contributed by atoms with Gasteiger partial charge in [-0.3, -0.25) is 4.98 Å². The maximum Gasteiger partial charge on any atom is 0.417 e. The number of aromatic amines is 2. The van der Waals surface area contributed by atoms with Crippen LogP contribution in [0.25, 0.3) is 11.3 Å². The van der Waals surface area contributed by atoms with Crippen molar-refractivity contribution >= 4 is 5.97 Å². The molecule has 2 N–H and O–H groups in total. The number of halogens is 3. The highest BCUT2D eigenvalue weighted by molar-refractivity contribution is 5.94. The van der Waals surface area contributed by atoms with Gasteiger partial charge in [-0.05, 0) is 13.0 Å². The van der Waals surface area contributed by atoms with Crippen molar-refractivity contribution < 1.29 is 22.7 Å². The van der Waals surface area contributed by atoms with Crippen molar-refractivity contribution in [2.45, 2.75) is 13.1 Å². The average Bonchev–Trinajstić information content (AvgIpc) is 2.80. The first-order chi connectivity index (χ1) is 9.84. The molecule has 2 aromatic rings. The zero-order valence-electron chi connectivity index (χ0n) is 10.9. The van der Waals surface area contributed by atoms with E-state index in [1.54, 1.807) is 6.92 Å². The molecule has 1 heterocycles. The van der Waals surface area contributed by atoms with Gasteiger partial charge in [0.15, 0.2) is 5.69 Å². The molecule has 0 saturated carbocycles. The number of hydrogen-bond acceptors (Lipinski definition) is 3. The summed E-state index contributed by atoms with van der Waals surface area (Å²) in [6.07, 6.45) is -4.61. The van der Waals surface area contributed by atoms with E-state index in [1.165, 1.54) is 18.2 Å². The van der Waals surface area contributed by atoms with E-state index in [-0.39, 0.29) is 23.6 Å². The van der Waals surface area contributed by atoms with Crippen molar-refractivity contribution in [2.75, 3.05) is 6.61 Å². The molecule has 0 bridgehead atoms. The first-order valence-electron chi connectivity index (χ1n) is 6.00. The van der Waals surface area contributed by atoms with Crippen molar-refractivity contribution in [3.63, 3.8) is 0 Å². The van der Waals surface area contributed by atoms with Crippen LogP contribution in [-0.2, 0) is 10.9 Å². The molecule has 0 atom stereocenters. The summed E-state index contributed by atoms with van der Waals surface area (Å²) in [5, 5.41) is 0. The lowest BCUT2D eigenvalue weighted by molar-refractivity contribution is -0.137. The summed E-state index contributed by atoms with van der Waals surface area (Å²) < 4.78 is 43.7. The molecule has 0 fully saturated rings. The highest BCUT2D eigenvalue weighted by Crippen LogP contribution is 2.36. The predicted octanol–water partition coefficient (Wildman–Crippen LogP) is 2.57. The zero-order chi connectivity index (χ0) is 15.6. The fourth-order valence-corrected chi connectivity index (χ4v) is 1.89. The van der Waals surface area contributed by atoms with Gasteiger partial charge < -0.3 is 9.72 Å². The molecule has 5 nitrogen and oxygen atoms in total. The maximum atomic E-state index is 13.0. The third-order valence-electron chi connectivity index (χ3n) is 2.71. The van der Waals surface area contributed by atoms with Gasteiger partial charge in [-0.2, -0.15) is 13.2 Å². The molecule has 0 spiro atoms. The molecule has 0 amide bonds. The summed E-state index contributed by atoms with van der Waals surface area (Å²) in [5.41, 5.74) is -2.62. The Morgan fingerprint density at radius 2 is 1.90 bits per heavy atom. The second-order valence-electron chi connectivity index (χ2n) is 4.09. The molecule has 8 heteroatoms. The molecule has 0 saturated heterocycles. The van der Waals surface area contributed by atoms with Gasteiger partial charge in [-0.25, -0.2) is 9.59 Å². The number of imidazole rings is 1. The van der Waals surface area contributed by atoms with Crippen LogP contribution < -0.4 is 5.69 Å². The van der Waals surface area contributed by atoms with Crippen LogP contribution in [0.1, 0.15) is 23.0 Å². The third-order valence-corrected chi connectivity index (χ3v) is 2.71. The number of nitrogens with one attached hydrogen (secondary N) is 2. The molecule has 112 valence electrons. The van der Waals surface area contributed by atoms with Crippen molar-refractivity contribution in [2.24, 2.45) is 0 Å². The van der Waals surface area contributed by atoms with Crippen molar-refractivity contribution in [1.29, 1.82) is 0 Å². The highest BCUT2D eigenvalue weighted by atomic mass is 19.4. The lowest BCUT2D eigenvalue weighted by Crippen LogP contribution is -2.10. The summed E-state index contributed by atoms with van der Waals surface area (Å²) in [4.78, 5) is 27.4. The normalized spacial score (nSPS) is 11.4. The quantitative estimate of drug-likeness (QED) is 0.855. The van der Waals surface area contributed by atoms with E-state index in [0.29, 0.717) is 0 Å². The van der Waals surface area contributed by atoms with E-state index in [4.69, 9.17) is 4.74 Å². The molecule has 0 aliphatic rings. The molecular formula is C13H11F3N2O3. The minimum Gasteiger partial charge on any atom is -0.461 e. The van der Waals surface area contributed by atoms with Crippen molar-refractivity contribution in [3.05, 3.63) is 46.0 Å². The van der Waals surface area contributed by atoms with E-state index in [0.717, 1.165) is 6.07 Å². The summed E-state index contributed by atoms with van der Waals surface area (Å²) >= 11 is 0. The first-order valence-corrected chi connectivity index (χ1v) is 6.00. The van der Waals surface area contributed by atoms with Gasteiger partial charge in [-0.1, -0.05) is 18.2 Å². The van der Waals surface area contributed by atoms with E-state index in [2.05, 4.69) is 9.97 Å². The van der Waals surface area contributed by atoms with Gasteiger partial charge in [0.05, 0.1) is 17.9 Å². The Kier molecular flexibility index (Phi) is 3.88. The van der Waals surface area contributed by atoms with E-state index >= 15 is 0 Å². The second-order valence-corrected chi connectivity index (χ2v) is 4.09. The Labute approximate surface area is 116 Å². The highest BCUT2D eigenvalue weighted by Gasteiger charge is 2.35. The number of aromatic nitrogens is 2. The molecule has 2 rings (SSSR count). The van der Waals surface area contributed by atoms with Crippen LogP contribution in [0.2, 0.25) is 0 Å². The lowest BCUT2D eigenvalue weighted by Gasteiger charge is -2.12. The summed E-state index contributed by atoms with van der Waals surface area (Å²) in [6, 6.07) is 4.65. The van der Waals surface area contributed by atoms with Crippen LogP contribution in [-0.4, -0.2) is 22.5 Å². The van der Waals surface area contributed by atoms with E-state index < -0.39 is 23.4 Å². The van der Waals surface area contributed by atoms with Gasteiger partial charge in [0.2, 0.25) is 0 Å². The number of rotatable bonds is 3. The Bertz CT molecular complexity index is 716. The SMILES string of the molecule is CCOC(=O)c1[nH]c(=O)[nH]c1-c1ccccc1C(F)(F)F.